The Morgan fingerprint density at radius 3 is 1.00 bits per heavy atom. The molecule has 0 heterocycles. The minimum absolute atomic E-state index is 1.24. The van der Waals surface area contributed by atoms with Gasteiger partial charge < -0.3 is 0 Å². The standard InChI is InChI=1S/C14H8Se2/c15-13-9-5-1-2-6-10(9)14(16)12-8-4-3-7-11(12)13/h1-8H. The van der Waals surface area contributed by atoms with Crippen LogP contribution in [0.1, 0.15) is 22.3 Å². The number of fused-ring (bicyclic) bond motifs is 2. The van der Waals surface area contributed by atoms with Crippen LogP contribution >= 0.6 is 0 Å². The fraction of sp³-hybridized carbons (Fsp3) is 0. The van der Waals surface area contributed by atoms with Crippen LogP contribution in [0.3, 0.4) is 0 Å². The Bertz CT molecular complexity index is 506. The van der Waals surface area contributed by atoms with E-state index in [9.17, 15) is 0 Å². The molecule has 0 N–H and O–H groups in total. The van der Waals surface area contributed by atoms with E-state index in [4.69, 9.17) is 0 Å². The first-order valence-corrected chi connectivity index (χ1v) is 6.78. The molecule has 0 saturated carbocycles. The van der Waals surface area contributed by atoms with Gasteiger partial charge in [0.15, 0.2) is 0 Å². The fourth-order valence-electron chi connectivity index (χ4n) is 2.05. The van der Waals surface area contributed by atoms with E-state index in [1.165, 1.54) is 31.1 Å². The zero-order chi connectivity index (χ0) is 11.1. The minimum atomic E-state index is 1.24. The molecule has 1 aliphatic carbocycles. The number of benzene rings is 2. The molecule has 0 fully saturated rings. The van der Waals surface area contributed by atoms with E-state index in [-0.39, 0.29) is 0 Å². The molecule has 0 aromatic heterocycles. The molecule has 16 heavy (non-hydrogen) atoms. The second-order valence-electron chi connectivity index (χ2n) is 3.75. The van der Waals surface area contributed by atoms with Gasteiger partial charge in [-0.1, -0.05) is 0 Å². The van der Waals surface area contributed by atoms with Crippen LogP contribution in [0.2, 0.25) is 0 Å². The summed E-state index contributed by atoms with van der Waals surface area (Å²) in [6.07, 6.45) is 0. The first-order chi connectivity index (χ1) is 7.79. The summed E-state index contributed by atoms with van der Waals surface area (Å²) in [5.41, 5.74) is 5.15. The molecule has 2 aromatic rings. The molecule has 0 amide bonds. The van der Waals surface area contributed by atoms with Crippen molar-refractivity contribution in [3.05, 3.63) is 70.8 Å². The summed E-state index contributed by atoms with van der Waals surface area (Å²) in [5.74, 6) is 0. The van der Waals surface area contributed by atoms with Crippen molar-refractivity contribution in [1.29, 1.82) is 0 Å². The van der Waals surface area contributed by atoms with Crippen LogP contribution in [0.5, 0.6) is 0 Å². The van der Waals surface area contributed by atoms with Crippen LogP contribution in [0.15, 0.2) is 48.5 Å². The molecule has 76 valence electrons. The van der Waals surface area contributed by atoms with Crippen molar-refractivity contribution in [3.8, 4) is 0 Å². The van der Waals surface area contributed by atoms with Gasteiger partial charge in [-0.2, -0.15) is 0 Å². The zero-order valence-corrected chi connectivity index (χ0v) is 11.9. The average molecular weight is 334 g/mol. The van der Waals surface area contributed by atoms with Gasteiger partial charge in [-0.3, -0.25) is 0 Å². The predicted octanol–water partition coefficient (Wildman–Crippen LogP) is 1.47. The third-order valence-corrected chi connectivity index (χ3v) is 4.68. The second-order valence-corrected chi connectivity index (χ2v) is 5.46. The van der Waals surface area contributed by atoms with Gasteiger partial charge in [-0.15, -0.1) is 0 Å². The number of rotatable bonds is 0. The van der Waals surface area contributed by atoms with Gasteiger partial charge in [-0.25, -0.2) is 0 Å². The van der Waals surface area contributed by atoms with Crippen LogP contribution in [-0.4, -0.2) is 40.0 Å². The molecular weight excluding hydrogens is 326 g/mol. The fourth-order valence-corrected chi connectivity index (χ4v) is 3.54. The van der Waals surface area contributed by atoms with Crippen LogP contribution in [0.4, 0.5) is 0 Å². The van der Waals surface area contributed by atoms with Crippen molar-refractivity contribution in [3.63, 3.8) is 0 Å². The molecule has 1 aliphatic rings. The van der Waals surface area contributed by atoms with Crippen molar-refractivity contribution in [2.24, 2.45) is 0 Å². The summed E-state index contributed by atoms with van der Waals surface area (Å²) in [6.45, 7) is 0. The van der Waals surface area contributed by atoms with Gasteiger partial charge >= 0.3 is 111 Å². The third kappa shape index (κ3) is 1.42. The Balaban J connectivity index is 2.35. The van der Waals surface area contributed by atoms with Crippen LogP contribution in [0, 0.1) is 0 Å². The van der Waals surface area contributed by atoms with E-state index >= 15 is 0 Å². The van der Waals surface area contributed by atoms with Gasteiger partial charge in [0.2, 0.25) is 0 Å². The van der Waals surface area contributed by atoms with Crippen molar-refractivity contribution in [1.82, 2.24) is 0 Å². The molecular formula is C14H8Se2. The Labute approximate surface area is 110 Å². The summed E-state index contributed by atoms with van der Waals surface area (Å²) in [6, 6.07) is 17.0. The molecule has 0 saturated heterocycles. The van der Waals surface area contributed by atoms with E-state index in [1.807, 2.05) is 0 Å². The van der Waals surface area contributed by atoms with E-state index in [0.29, 0.717) is 0 Å². The zero-order valence-electron chi connectivity index (χ0n) is 8.44. The molecule has 0 radical (unpaired) electrons. The molecule has 0 unspecified atom stereocenters. The molecule has 0 bridgehead atoms. The Kier molecular flexibility index (Phi) is 2.53. The van der Waals surface area contributed by atoms with E-state index in [0.717, 1.165) is 0 Å². The van der Waals surface area contributed by atoms with E-state index in [1.54, 1.807) is 0 Å². The first-order valence-electron chi connectivity index (χ1n) is 5.06. The van der Waals surface area contributed by atoms with Crippen molar-refractivity contribution >= 4 is 40.0 Å². The average Bonchev–Trinajstić information content (AvgIpc) is 2.36. The summed E-state index contributed by atoms with van der Waals surface area (Å²) in [5, 5.41) is 0. The van der Waals surface area contributed by atoms with Gasteiger partial charge in [0.05, 0.1) is 0 Å². The predicted molar refractivity (Wildman–Crippen MR) is 70.8 cm³/mol. The van der Waals surface area contributed by atoms with Crippen molar-refractivity contribution < 1.29 is 0 Å². The van der Waals surface area contributed by atoms with Crippen LogP contribution in [0.25, 0.3) is 0 Å². The summed E-state index contributed by atoms with van der Waals surface area (Å²) in [7, 11) is 0. The molecule has 2 aromatic carbocycles. The van der Waals surface area contributed by atoms with Gasteiger partial charge in [-0.05, 0) is 0 Å². The first kappa shape index (κ1) is 10.4. The SMILES string of the molecule is [Se]=C1c2ccccc2C(=[Se])c2ccccc21. The maximum absolute atomic E-state index is 3.20. The second kappa shape index (κ2) is 3.91. The van der Waals surface area contributed by atoms with Gasteiger partial charge in [0, 0.05) is 0 Å². The van der Waals surface area contributed by atoms with Crippen molar-refractivity contribution in [2.45, 2.75) is 0 Å². The molecule has 0 aliphatic heterocycles. The van der Waals surface area contributed by atoms with Gasteiger partial charge in [0.25, 0.3) is 0 Å². The summed E-state index contributed by atoms with van der Waals surface area (Å²) >= 11 is 6.40. The summed E-state index contributed by atoms with van der Waals surface area (Å²) < 4.78 is 2.48. The molecule has 3 rings (SSSR count). The van der Waals surface area contributed by atoms with Crippen LogP contribution < -0.4 is 0 Å². The van der Waals surface area contributed by atoms with Gasteiger partial charge in [0.1, 0.15) is 0 Å². The van der Waals surface area contributed by atoms with Crippen LogP contribution in [-0.2, 0) is 0 Å². The Morgan fingerprint density at radius 2 is 0.750 bits per heavy atom. The maximum atomic E-state index is 3.20. The quantitative estimate of drug-likeness (QED) is 0.547. The third-order valence-electron chi connectivity index (χ3n) is 2.83. The topological polar surface area (TPSA) is 0 Å². The van der Waals surface area contributed by atoms with E-state index < -0.39 is 0 Å². The number of hydrogen-bond donors (Lipinski definition) is 0. The molecule has 0 atom stereocenters. The van der Waals surface area contributed by atoms with E-state index in [2.05, 4.69) is 79.7 Å². The molecule has 0 spiro atoms. The normalized spacial score (nSPS) is 13.2. The Morgan fingerprint density at radius 1 is 0.500 bits per heavy atom. The monoisotopic (exact) mass is 336 g/mol. The summed E-state index contributed by atoms with van der Waals surface area (Å²) in [4.78, 5) is 0. The Hall–Kier alpha value is -0.781. The molecule has 2 heteroatoms. The molecule has 0 nitrogen and oxygen atoms in total. The van der Waals surface area contributed by atoms with Crippen molar-refractivity contribution in [2.75, 3.05) is 0 Å². The number of hydrogen-bond acceptors (Lipinski definition) is 0.